The standard InChI is InChI=1S/C20H27N5/c1-15-8-9-19(22-13-15)24-20-21-11-10-18(23-20)16-5-4-12-25(14-16)17-6-2-3-7-17/h8-11,13,16-17H,2-7,12,14H2,1H3,(H,21,22,23,24)/t16-/m1/s1. The largest absolute Gasteiger partial charge is 0.309 e. The number of rotatable bonds is 4. The quantitative estimate of drug-likeness (QED) is 0.912. The second-order valence-electron chi connectivity index (χ2n) is 7.42. The van der Waals surface area contributed by atoms with Crippen molar-refractivity contribution in [1.82, 2.24) is 19.9 Å². The van der Waals surface area contributed by atoms with Crippen molar-refractivity contribution >= 4 is 11.8 Å². The Labute approximate surface area is 149 Å². The van der Waals surface area contributed by atoms with E-state index in [4.69, 9.17) is 4.98 Å². The maximum absolute atomic E-state index is 4.79. The molecule has 0 amide bonds. The maximum atomic E-state index is 4.79. The first kappa shape index (κ1) is 16.5. The van der Waals surface area contributed by atoms with Crippen molar-refractivity contribution in [2.45, 2.75) is 57.4 Å². The monoisotopic (exact) mass is 337 g/mol. The predicted molar refractivity (Wildman–Crippen MR) is 100 cm³/mol. The van der Waals surface area contributed by atoms with Crippen LogP contribution in [0.4, 0.5) is 11.8 Å². The lowest BCUT2D eigenvalue weighted by Crippen LogP contribution is -2.40. The van der Waals surface area contributed by atoms with Gasteiger partial charge in [0.15, 0.2) is 0 Å². The first-order valence-corrected chi connectivity index (χ1v) is 9.54. The van der Waals surface area contributed by atoms with Crippen molar-refractivity contribution in [2.24, 2.45) is 0 Å². The fourth-order valence-electron chi connectivity index (χ4n) is 4.17. The Hall–Kier alpha value is -2.01. The second kappa shape index (κ2) is 7.48. The first-order valence-electron chi connectivity index (χ1n) is 9.54. The predicted octanol–water partition coefficient (Wildman–Crippen LogP) is 4.05. The Morgan fingerprint density at radius 3 is 2.72 bits per heavy atom. The van der Waals surface area contributed by atoms with Gasteiger partial charge in [-0.15, -0.1) is 0 Å². The highest BCUT2D eigenvalue weighted by atomic mass is 15.2. The molecule has 0 spiro atoms. The molecule has 1 saturated carbocycles. The van der Waals surface area contributed by atoms with Gasteiger partial charge in [0.1, 0.15) is 5.82 Å². The molecule has 0 radical (unpaired) electrons. The van der Waals surface area contributed by atoms with E-state index in [0.29, 0.717) is 11.9 Å². The number of aryl methyl sites for hydroxylation is 1. The average Bonchev–Trinajstić information content (AvgIpc) is 3.19. The van der Waals surface area contributed by atoms with Crippen LogP contribution in [0.1, 0.15) is 55.7 Å². The number of hydrogen-bond acceptors (Lipinski definition) is 5. The summed E-state index contributed by atoms with van der Waals surface area (Å²) in [6, 6.07) is 6.89. The lowest BCUT2D eigenvalue weighted by Gasteiger charge is -2.36. The third-order valence-corrected chi connectivity index (χ3v) is 5.54. The molecule has 4 rings (SSSR count). The van der Waals surface area contributed by atoms with E-state index in [2.05, 4.69) is 26.3 Å². The summed E-state index contributed by atoms with van der Waals surface area (Å²) in [6.45, 7) is 4.43. The van der Waals surface area contributed by atoms with Gasteiger partial charge in [-0.2, -0.15) is 0 Å². The third-order valence-electron chi connectivity index (χ3n) is 5.54. The van der Waals surface area contributed by atoms with Gasteiger partial charge in [-0.25, -0.2) is 15.0 Å². The second-order valence-corrected chi connectivity index (χ2v) is 7.42. The van der Waals surface area contributed by atoms with Gasteiger partial charge in [0.25, 0.3) is 0 Å². The highest BCUT2D eigenvalue weighted by molar-refractivity contribution is 5.47. The number of anilines is 2. The van der Waals surface area contributed by atoms with E-state index in [1.54, 1.807) is 0 Å². The van der Waals surface area contributed by atoms with Crippen molar-refractivity contribution in [3.8, 4) is 0 Å². The molecule has 2 aromatic heterocycles. The van der Waals surface area contributed by atoms with Crippen LogP contribution in [-0.4, -0.2) is 39.0 Å². The number of nitrogens with one attached hydrogen (secondary N) is 1. The van der Waals surface area contributed by atoms with Crippen molar-refractivity contribution in [3.05, 3.63) is 41.9 Å². The molecule has 2 aliphatic rings. The van der Waals surface area contributed by atoms with Crippen LogP contribution in [0, 0.1) is 6.92 Å². The zero-order valence-corrected chi connectivity index (χ0v) is 15.0. The summed E-state index contributed by atoms with van der Waals surface area (Å²) in [4.78, 5) is 16.2. The highest BCUT2D eigenvalue weighted by Gasteiger charge is 2.29. The van der Waals surface area contributed by atoms with Gasteiger partial charge in [0.2, 0.25) is 5.95 Å². The van der Waals surface area contributed by atoms with Gasteiger partial charge in [0, 0.05) is 30.9 Å². The molecule has 0 aromatic carbocycles. The summed E-state index contributed by atoms with van der Waals surface area (Å²) in [5.41, 5.74) is 2.31. The summed E-state index contributed by atoms with van der Waals surface area (Å²) in [5.74, 6) is 1.95. The SMILES string of the molecule is Cc1ccc(Nc2nccc([C@@H]3CCCN(C4CCCC4)C3)n2)nc1. The summed E-state index contributed by atoms with van der Waals surface area (Å²) in [5, 5.41) is 3.23. The Bertz CT molecular complexity index is 693. The number of likely N-dealkylation sites (tertiary alicyclic amines) is 1. The molecule has 1 saturated heterocycles. The van der Waals surface area contributed by atoms with Crippen LogP contribution in [0.3, 0.4) is 0 Å². The number of piperidine rings is 1. The number of aromatic nitrogens is 3. The molecule has 132 valence electrons. The van der Waals surface area contributed by atoms with Gasteiger partial charge in [-0.3, -0.25) is 4.90 Å². The minimum Gasteiger partial charge on any atom is -0.309 e. The fourth-order valence-corrected chi connectivity index (χ4v) is 4.17. The summed E-state index contributed by atoms with van der Waals surface area (Å²) >= 11 is 0. The zero-order valence-electron chi connectivity index (χ0n) is 15.0. The lowest BCUT2D eigenvalue weighted by atomic mass is 9.93. The van der Waals surface area contributed by atoms with E-state index in [1.807, 2.05) is 31.5 Å². The molecular weight excluding hydrogens is 310 g/mol. The van der Waals surface area contributed by atoms with Crippen LogP contribution in [0.2, 0.25) is 0 Å². The van der Waals surface area contributed by atoms with Gasteiger partial charge in [0.05, 0.1) is 5.69 Å². The van der Waals surface area contributed by atoms with E-state index in [9.17, 15) is 0 Å². The van der Waals surface area contributed by atoms with Crippen molar-refractivity contribution in [1.29, 1.82) is 0 Å². The summed E-state index contributed by atoms with van der Waals surface area (Å²) in [6.07, 6.45) is 11.8. The van der Waals surface area contributed by atoms with E-state index >= 15 is 0 Å². The van der Waals surface area contributed by atoms with Crippen LogP contribution in [0.15, 0.2) is 30.6 Å². The molecule has 1 aliphatic heterocycles. The Morgan fingerprint density at radius 2 is 1.92 bits per heavy atom. The molecule has 25 heavy (non-hydrogen) atoms. The van der Waals surface area contributed by atoms with Crippen molar-refractivity contribution < 1.29 is 0 Å². The topological polar surface area (TPSA) is 53.9 Å². The number of nitrogens with zero attached hydrogens (tertiary/aromatic N) is 4. The molecule has 2 aromatic rings. The molecule has 1 atom stereocenters. The van der Waals surface area contributed by atoms with Gasteiger partial charge in [-0.05, 0) is 56.8 Å². The van der Waals surface area contributed by atoms with Crippen LogP contribution in [0.5, 0.6) is 0 Å². The van der Waals surface area contributed by atoms with Crippen molar-refractivity contribution in [2.75, 3.05) is 18.4 Å². The van der Waals surface area contributed by atoms with Gasteiger partial charge < -0.3 is 5.32 Å². The molecular formula is C20H27N5. The number of hydrogen-bond donors (Lipinski definition) is 1. The highest BCUT2D eigenvalue weighted by Crippen LogP contribution is 2.31. The van der Waals surface area contributed by atoms with Crippen LogP contribution in [0.25, 0.3) is 0 Å². The van der Waals surface area contributed by atoms with Gasteiger partial charge >= 0.3 is 0 Å². The molecule has 1 N–H and O–H groups in total. The van der Waals surface area contributed by atoms with Gasteiger partial charge in [-0.1, -0.05) is 18.9 Å². The molecule has 0 bridgehead atoms. The van der Waals surface area contributed by atoms with Crippen LogP contribution < -0.4 is 5.32 Å². The zero-order chi connectivity index (χ0) is 17.1. The van der Waals surface area contributed by atoms with Crippen LogP contribution in [-0.2, 0) is 0 Å². The van der Waals surface area contributed by atoms with E-state index in [0.717, 1.165) is 29.7 Å². The average molecular weight is 337 g/mol. The lowest BCUT2D eigenvalue weighted by molar-refractivity contribution is 0.149. The Kier molecular flexibility index (Phi) is 4.92. The molecule has 5 heteroatoms. The van der Waals surface area contributed by atoms with Crippen LogP contribution >= 0.6 is 0 Å². The summed E-state index contributed by atoms with van der Waals surface area (Å²) < 4.78 is 0. The molecule has 5 nitrogen and oxygen atoms in total. The minimum atomic E-state index is 0.517. The van der Waals surface area contributed by atoms with E-state index in [1.165, 1.54) is 45.1 Å². The Morgan fingerprint density at radius 1 is 1.04 bits per heavy atom. The smallest absolute Gasteiger partial charge is 0.228 e. The first-order chi connectivity index (χ1) is 12.3. The normalized spacial score (nSPS) is 22.2. The van der Waals surface area contributed by atoms with Crippen molar-refractivity contribution in [3.63, 3.8) is 0 Å². The van der Waals surface area contributed by atoms with E-state index < -0.39 is 0 Å². The molecule has 1 aliphatic carbocycles. The Balaban J connectivity index is 1.45. The third kappa shape index (κ3) is 3.98. The maximum Gasteiger partial charge on any atom is 0.228 e. The minimum absolute atomic E-state index is 0.517. The fraction of sp³-hybridized carbons (Fsp3) is 0.550. The number of pyridine rings is 1. The molecule has 0 unspecified atom stereocenters. The summed E-state index contributed by atoms with van der Waals surface area (Å²) in [7, 11) is 0. The molecule has 3 heterocycles. The van der Waals surface area contributed by atoms with E-state index in [-0.39, 0.29) is 0 Å². The molecule has 2 fully saturated rings.